The van der Waals surface area contributed by atoms with Gasteiger partial charge in [-0.2, -0.15) is 21.0 Å². The van der Waals surface area contributed by atoms with Crippen LogP contribution in [-0.4, -0.2) is 15.9 Å². The Labute approximate surface area is 304 Å². The molecule has 0 fully saturated rings. The van der Waals surface area contributed by atoms with E-state index in [-0.39, 0.29) is 0 Å². The summed E-state index contributed by atoms with van der Waals surface area (Å²) < 4.78 is 4.50. The van der Waals surface area contributed by atoms with Crippen molar-refractivity contribution in [3.05, 3.63) is 162 Å². The van der Waals surface area contributed by atoms with Gasteiger partial charge in [0.15, 0.2) is 0 Å². The monoisotopic (exact) mass is 670 g/mol. The Balaban J connectivity index is 1.44. The molecule has 1 aliphatic rings. The molecule has 1 aliphatic heterocycles. The summed E-state index contributed by atoms with van der Waals surface area (Å²) in [6.45, 7) is -0.504. The lowest BCUT2D eigenvalue weighted by Gasteiger charge is -2.30. The molecule has 9 aromatic rings. The first-order valence-electron chi connectivity index (χ1n) is 17.2. The number of aromatic nitrogens is 2. The SMILES string of the molecule is N#Cc1cc(C#N)c2c(c1)c1cc(C#N)cc(C#N)c1n2B1c2ccccc2-n2c3cc(-c4ccccc4)ccc3c3ccc(-c4ccccc4)c1c32. The van der Waals surface area contributed by atoms with Gasteiger partial charge in [0, 0.05) is 27.2 Å². The summed E-state index contributed by atoms with van der Waals surface area (Å²) in [4.78, 5) is 0. The standard InChI is InChI=1S/C46H23BN6/c48-24-28-19-33(26-50)44-38(21-28)39-22-29(25-49)20-34(27-51)45(39)53(44)47-40-13-7-8-14-41(40)52-42-23-32(30-9-3-1-4-10-30)15-16-36(42)37-18-17-35(43(47)46(37)52)31-11-5-2-6-12-31/h1-23H. The highest BCUT2D eigenvalue weighted by atomic mass is 15.0. The summed E-state index contributed by atoms with van der Waals surface area (Å²) in [7, 11) is 0. The molecule has 0 atom stereocenters. The van der Waals surface area contributed by atoms with E-state index in [1.54, 1.807) is 24.3 Å². The zero-order chi connectivity index (χ0) is 35.8. The van der Waals surface area contributed by atoms with Crippen molar-refractivity contribution < 1.29 is 0 Å². The van der Waals surface area contributed by atoms with Gasteiger partial charge in [-0.25, -0.2) is 0 Å². The largest absolute Gasteiger partial charge is 0.374 e. The second-order valence-corrected chi connectivity index (χ2v) is 13.3. The molecule has 10 rings (SSSR count). The van der Waals surface area contributed by atoms with Crippen LogP contribution >= 0.6 is 0 Å². The second-order valence-electron chi connectivity index (χ2n) is 13.3. The van der Waals surface area contributed by atoms with Crippen LogP contribution in [0.2, 0.25) is 0 Å². The van der Waals surface area contributed by atoms with Crippen LogP contribution in [-0.2, 0) is 0 Å². The molecular weight excluding hydrogens is 647 g/mol. The van der Waals surface area contributed by atoms with Crippen molar-refractivity contribution in [1.29, 1.82) is 21.0 Å². The highest BCUT2D eigenvalue weighted by Crippen LogP contribution is 2.41. The van der Waals surface area contributed by atoms with Crippen LogP contribution in [0, 0.1) is 45.3 Å². The topological polar surface area (TPSA) is 105 Å². The maximum absolute atomic E-state index is 10.7. The van der Waals surface area contributed by atoms with Gasteiger partial charge in [-0.15, -0.1) is 0 Å². The molecule has 0 amide bonds. The summed E-state index contributed by atoms with van der Waals surface area (Å²) in [5.74, 6) is 0. The summed E-state index contributed by atoms with van der Waals surface area (Å²) in [5, 5.41) is 45.0. The van der Waals surface area contributed by atoms with E-state index in [1.165, 1.54) is 0 Å². The fourth-order valence-corrected chi connectivity index (χ4v) is 8.55. The number of nitrogens with zero attached hydrogens (tertiary/aromatic N) is 6. The van der Waals surface area contributed by atoms with E-state index >= 15 is 0 Å². The Morgan fingerprint density at radius 2 is 1.04 bits per heavy atom. The fraction of sp³-hybridized carbons (Fsp3) is 0. The Morgan fingerprint density at radius 1 is 0.453 bits per heavy atom. The number of para-hydroxylation sites is 1. The van der Waals surface area contributed by atoms with E-state index < -0.39 is 6.85 Å². The van der Waals surface area contributed by atoms with Crippen molar-refractivity contribution >= 4 is 61.4 Å². The van der Waals surface area contributed by atoms with Gasteiger partial charge in [0.1, 0.15) is 12.1 Å². The van der Waals surface area contributed by atoms with Crippen LogP contribution in [0.5, 0.6) is 0 Å². The molecule has 2 aromatic heterocycles. The van der Waals surface area contributed by atoms with Gasteiger partial charge in [-0.05, 0) is 69.6 Å². The van der Waals surface area contributed by atoms with Gasteiger partial charge in [0.05, 0.1) is 56.5 Å². The van der Waals surface area contributed by atoms with Crippen molar-refractivity contribution in [3.8, 4) is 52.2 Å². The number of benzene rings is 7. The van der Waals surface area contributed by atoms with E-state index in [2.05, 4.69) is 112 Å². The number of rotatable bonds is 3. The highest BCUT2D eigenvalue weighted by Gasteiger charge is 2.39. The Hall–Kier alpha value is -7.84. The molecule has 0 aliphatic carbocycles. The number of fused-ring (bicyclic) bond motifs is 8. The molecule has 0 radical (unpaired) electrons. The molecular formula is C46H23BN6. The highest BCUT2D eigenvalue weighted by molar-refractivity contribution is 6.89. The fourth-order valence-electron chi connectivity index (χ4n) is 8.55. The van der Waals surface area contributed by atoms with Gasteiger partial charge >= 0.3 is 6.85 Å². The van der Waals surface area contributed by atoms with E-state index in [4.69, 9.17) is 0 Å². The molecule has 3 heterocycles. The average molecular weight is 671 g/mol. The van der Waals surface area contributed by atoms with Crippen molar-refractivity contribution in [1.82, 2.24) is 9.05 Å². The zero-order valence-electron chi connectivity index (χ0n) is 28.0. The van der Waals surface area contributed by atoms with Crippen molar-refractivity contribution in [3.63, 3.8) is 0 Å². The molecule has 53 heavy (non-hydrogen) atoms. The molecule has 0 unspecified atom stereocenters. The molecule has 0 saturated carbocycles. The Kier molecular flexibility index (Phi) is 6.43. The lowest BCUT2D eigenvalue weighted by atomic mass is 9.46. The molecule has 0 bridgehead atoms. The quantitative estimate of drug-likeness (QED) is 0.175. The number of hydrogen-bond acceptors (Lipinski definition) is 4. The summed E-state index contributed by atoms with van der Waals surface area (Å²) in [6, 6.07) is 56.1. The van der Waals surface area contributed by atoms with Crippen LogP contribution in [0.4, 0.5) is 0 Å². The van der Waals surface area contributed by atoms with Crippen molar-refractivity contribution in [2.24, 2.45) is 0 Å². The van der Waals surface area contributed by atoms with Gasteiger partial charge < -0.3 is 9.05 Å². The minimum atomic E-state index is -0.504. The van der Waals surface area contributed by atoms with Crippen LogP contribution in [0.15, 0.2) is 140 Å². The van der Waals surface area contributed by atoms with Crippen molar-refractivity contribution in [2.45, 2.75) is 0 Å². The number of hydrogen-bond donors (Lipinski definition) is 0. The maximum atomic E-state index is 10.7. The van der Waals surface area contributed by atoms with Gasteiger partial charge in [-0.1, -0.05) is 103 Å². The van der Waals surface area contributed by atoms with Crippen molar-refractivity contribution in [2.75, 3.05) is 0 Å². The number of nitriles is 4. The molecule has 240 valence electrons. The second kappa shape index (κ2) is 11.3. The minimum absolute atomic E-state index is 0.321. The van der Waals surface area contributed by atoms with E-state index in [9.17, 15) is 21.0 Å². The van der Waals surface area contributed by atoms with Gasteiger partial charge in [0.2, 0.25) is 0 Å². The van der Waals surface area contributed by atoms with Crippen LogP contribution in [0.3, 0.4) is 0 Å². The normalized spacial score (nSPS) is 11.7. The molecule has 0 saturated heterocycles. The molecule has 6 nitrogen and oxygen atoms in total. The minimum Gasteiger partial charge on any atom is -0.374 e. The third kappa shape index (κ3) is 4.17. The first-order valence-corrected chi connectivity index (χ1v) is 17.2. The maximum Gasteiger partial charge on any atom is 0.333 e. The first kappa shape index (κ1) is 30.0. The van der Waals surface area contributed by atoms with Crippen LogP contribution in [0.25, 0.3) is 71.6 Å². The predicted octanol–water partition coefficient (Wildman–Crippen LogP) is 8.68. The third-order valence-corrected chi connectivity index (χ3v) is 10.7. The smallest absolute Gasteiger partial charge is 0.333 e. The van der Waals surface area contributed by atoms with E-state index in [0.29, 0.717) is 44.1 Å². The average Bonchev–Trinajstić information content (AvgIpc) is 3.74. The van der Waals surface area contributed by atoms with Gasteiger partial charge in [-0.3, -0.25) is 0 Å². The molecule has 7 heteroatoms. The predicted molar refractivity (Wildman–Crippen MR) is 210 cm³/mol. The molecule has 0 spiro atoms. The van der Waals surface area contributed by atoms with E-state index in [1.807, 2.05) is 36.4 Å². The summed E-state index contributed by atoms with van der Waals surface area (Å²) in [5.41, 5.74) is 12.0. The summed E-state index contributed by atoms with van der Waals surface area (Å²) >= 11 is 0. The zero-order valence-corrected chi connectivity index (χ0v) is 28.0. The Bertz CT molecular complexity index is 3130. The lowest BCUT2D eigenvalue weighted by molar-refractivity contribution is 1.18. The lowest BCUT2D eigenvalue weighted by Crippen LogP contribution is -2.54. The van der Waals surface area contributed by atoms with Crippen LogP contribution < -0.4 is 10.9 Å². The Morgan fingerprint density at radius 3 is 1.66 bits per heavy atom. The summed E-state index contributed by atoms with van der Waals surface area (Å²) in [6.07, 6.45) is 0. The molecule has 0 N–H and O–H groups in total. The van der Waals surface area contributed by atoms with Gasteiger partial charge in [0.25, 0.3) is 0 Å². The molecule has 7 aromatic carbocycles. The first-order chi connectivity index (χ1) is 26.1. The van der Waals surface area contributed by atoms with Crippen LogP contribution in [0.1, 0.15) is 22.3 Å². The third-order valence-electron chi connectivity index (χ3n) is 10.7. The van der Waals surface area contributed by atoms with E-state index in [0.717, 1.165) is 60.7 Å².